The molecule has 26 heavy (non-hydrogen) atoms. The summed E-state index contributed by atoms with van der Waals surface area (Å²) < 4.78 is 0. The molecule has 7 heteroatoms. The molecule has 2 heterocycles. The number of amides is 3. The van der Waals surface area contributed by atoms with Crippen LogP contribution in [-0.4, -0.2) is 34.8 Å². The van der Waals surface area contributed by atoms with Crippen molar-refractivity contribution in [3.8, 4) is 12.3 Å². The number of nitrogens with one attached hydrogen (secondary N) is 1. The highest BCUT2D eigenvalue weighted by Crippen LogP contribution is 2.36. The zero-order valence-corrected chi connectivity index (χ0v) is 14.4. The molecule has 1 unspecified atom stereocenters. The summed E-state index contributed by atoms with van der Waals surface area (Å²) in [5.41, 5.74) is 0.123. The molecule has 0 bridgehead atoms. The normalized spacial score (nSPS) is 18.5. The zero-order chi connectivity index (χ0) is 18.6. The minimum atomic E-state index is -0.951. The topological polar surface area (TPSA) is 91.2 Å². The largest absolute Gasteiger partial charge is 0.354 e. The Hall–Kier alpha value is -3.01. The maximum atomic E-state index is 12.8. The van der Waals surface area contributed by atoms with Gasteiger partial charge in [-0.25, -0.2) is 0 Å². The van der Waals surface area contributed by atoms with Crippen molar-refractivity contribution in [2.45, 2.75) is 43.8 Å². The lowest BCUT2D eigenvalue weighted by Crippen LogP contribution is -2.43. The highest BCUT2D eigenvalue weighted by atomic mass is 16.2. The molecule has 0 aliphatic carbocycles. The first kappa shape index (κ1) is 17.8. The summed E-state index contributed by atoms with van der Waals surface area (Å²) in [6, 6.07) is 7.90. The summed E-state index contributed by atoms with van der Waals surface area (Å²) in [5.74, 6) is 1.53. The van der Waals surface area contributed by atoms with Crippen LogP contribution < -0.4 is 5.32 Å². The molecule has 1 saturated heterocycles. The smallest absolute Gasteiger partial charge is 0.247 e. The van der Waals surface area contributed by atoms with E-state index in [0.29, 0.717) is 31.4 Å². The first-order valence-electron chi connectivity index (χ1n) is 8.61. The van der Waals surface area contributed by atoms with Gasteiger partial charge in [-0.15, -0.1) is 12.3 Å². The van der Waals surface area contributed by atoms with E-state index in [4.69, 9.17) is 6.42 Å². The Labute approximate surface area is 151 Å². The molecule has 2 aliphatic heterocycles. The number of hydrogen-bond acceptors (Lipinski definition) is 5. The molecule has 0 radical (unpaired) electrons. The van der Waals surface area contributed by atoms with Gasteiger partial charge >= 0.3 is 0 Å². The summed E-state index contributed by atoms with van der Waals surface area (Å²) in [7, 11) is 0. The first-order valence-corrected chi connectivity index (χ1v) is 8.61. The number of likely N-dealkylation sites (tertiary alicyclic amines) is 1. The minimum absolute atomic E-state index is 0.141. The standard InChI is InChI=1S/C19H20N4O3/c1-2-3-11-19(21-22-19)12-13-20-18(26)17(14-7-5-4-6-8-14)23-15(24)9-10-16(23)25/h1,4-8,17H,3,9-13H2,(H,20,26). The second-order valence-corrected chi connectivity index (χ2v) is 6.40. The Morgan fingerprint density at radius 2 is 1.85 bits per heavy atom. The zero-order valence-electron chi connectivity index (χ0n) is 14.4. The molecule has 0 aromatic heterocycles. The molecule has 2 aliphatic rings. The maximum absolute atomic E-state index is 12.8. The molecule has 1 N–H and O–H groups in total. The fraction of sp³-hybridized carbons (Fsp3) is 0.421. The third-order valence-corrected chi connectivity index (χ3v) is 4.59. The number of rotatable bonds is 8. The van der Waals surface area contributed by atoms with Crippen LogP contribution in [0.25, 0.3) is 0 Å². The lowest BCUT2D eigenvalue weighted by Gasteiger charge is -2.26. The molecular formula is C19H20N4O3. The van der Waals surface area contributed by atoms with E-state index in [-0.39, 0.29) is 30.6 Å². The Balaban J connectivity index is 1.67. The Morgan fingerprint density at radius 3 is 2.42 bits per heavy atom. The van der Waals surface area contributed by atoms with Gasteiger partial charge in [-0.2, -0.15) is 10.2 Å². The van der Waals surface area contributed by atoms with Crippen molar-refractivity contribution in [1.82, 2.24) is 10.2 Å². The molecule has 3 amide bonds. The molecule has 1 atom stereocenters. The third kappa shape index (κ3) is 3.80. The van der Waals surface area contributed by atoms with Crippen molar-refractivity contribution in [3.63, 3.8) is 0 Å². The van der Waals surface area contributed by atoms with E-state index in [1.54, 1.807) is 24.3 Å². The average molecular weight is 352 g/mol. The van der Waals surface area contributed by atoms with Gasteiger partial charge in [0.15, 0.2) is 5.66 Å². The van der Waals surface area contributed by atoms with E-state index in [9.17, 15) is 14.4 Å². The van der Waals surface area contributed by atoms with Crippen LogP contribution in [0.5, 0.6) is 0 Å². The maximum Gasteiger partial charge on any atom is 0.247 e. The number of benzene rings is 1. The lowest BCUT2D eigenvalue weighted by molar-refractivity contribution is -0.147. The van der Waals surface area contributed by atoms with Crippen LogP contribution in [0, 0.1) is 12.3 Å². The summed E-state index contributed by atoms with van der Waals surface area (Å²) in [4.78, 5) is 38.1. The summed E-state index contributed by atoms with van der Waals surface area (Å²) >= 11 is 0. The number of carbonyl (C=O) groups excluding carboxylic acids is 3. The number of carbonyl (C=O) groups is 3. The molecule has 7 nitrogen and oxygen atoms in total. The molecule has 134 valence electrons. The van der Waals surface area contributed by atoms with Gasteiger partial charge in [0.1, 0.15) is 6.04 Å². The summed E-state index contributed by atoms with van der Waals surface area (Å²) in [5, 5.41) is 10.9. The van der Waals surface area contributed by atoms with Crippen LogP contribution in [0.2, 0.25) is 0 Å². The number of imide groups is 1. The highest BCUT2D eigenvalue weighted by Gasteiger charge is 2.41. The number of hydrogen-bond donors (Lipinski definition) is 1. The van der Waals surface area contributed by atoms with Crippen molar-refractivity contribution in [1.29, 1.82) is 0 Å². The summed E-state index contributed by atoms with van der Waals surface area (Å²) in [6.45, 7) is 0.343. The third-order valence-electron chi connectivity index (χ3n) is 4.59. The average Bonchev–Trinajstić information content (AvgIpc) is 3.35. The molecule has 1 fully saturated rings. The summed E-state index contributed by atoms with van der Waals surface area (Å²) in [6.07, 6.45) is 7.33. The van der Waals surface area contributed by atoms with Crippen LogP contribution >= 0.6 is 0 Å². The fourth-order valence-electron chi connectivity index (χ4n) is 3.09. The van der Waals surface area contributed by atoms with Gasteiger partial charge in [-0.3, -0.25) is 19.3 Å². The second kappa shape index (κ2) is 7.48. The molecule has 0 spiro atoms. The van der Waals surface area contributed by atoms with Crippen molar-refractivity contribution in [3.05, 3.63) is 35.9 Å². The van der Waals surface area contributed by atoms with E-state index < -0.39 is 11.7 Å². The molecule has 3 rings (SSSR count). The van der Waals surface area contributed by atoms with Crippen molar-refractivity contribution in [2.24, 2.45) is 10.2 Å². The van der Waals surface area contributed by atoms with E-state index in [1.165, 1.54) is 0 Å². The quantitative estimate of drug-likeness (QED) is 0.573. The number of terminal acetylenes is 1. The van der Waals surface area contributed by atoms with Gasteiger partial charge in [-0.1, -0.05) is 30.3 Å². The van der Waals surface area contributed by atoms with Crippen LogP contribution in [0.3, 0.4) is 0 Å². The molecule has 1 aromatic rings. The lowest BCUT2D eigenvalue weighted by atomic mass is 10.0. The number of nitrogens with zero attached hydrogens (tertiary/aromatic N) is 3. The van der Waals surface area contributed by atoms with Gasteiger partial charge in [0.05, 0.1) is 0 Å². The monoisotopic (exact) mass is 352 g/mol. The SMILES string of the molecule is C#CCCC1(CCNC(=O)C(c2ccccc2)N2C(=O)CCC2=O)N=N1. The Bertz CT molecular complexity index is 760. The highest BCUT2D eigenvalue weighted by molar-refractivity contribution is 6.05. The molecular weight excluding hydrogens is 332 g/mol. The van der Waals surface area contributed by atoms with E-state index >= 15 is 0 Å². The van der Waals surface area contributed by atoms with Crippen LogP contribution in [0.15, 0.2) is 40.6 Å². The van der Waals surface area contributed by atoms with Gasteiger partial charge in [0.25, 0.3) is 0 Å². The van der Waals surface area contributed by atoms with Gasteiger partial charge in [-0.05, 0) is 5.56 Å². The molecule has 1 aromatic carbocycles. The fourth-order valence-corrected chi connectivity index (χ4v) is 3.09. The van der Waals surface area contributed by atoms with Gasteiger partial charge in [0.2, 0.25) is 17.7 Å². The van der Waals surface area contributed by atoms with Crippen LogP contribution in [-0.2, 0) is 14.4 Å². The van der Waals surface area contributed by atoms with Crippen LogP contribution in [0.4, 0.5) is 0 Å². The van der Waals surface area contributed by atoms with E-state index in [0.717, 1.165) is 4.90 Å². The predicted molar refractivity (Wildman–Crippen MR) is 93.6 cm³/mol. The Kier molecular flexibility index (Phi) is 5.12. The van der Waals surface area contributed by atoms with E-state index in [2.05, 4.69) is 21.5 Å². The molecule has 0 saturated carbocycles. The first-order chi connectivity index (χ1) is 12.6. The Morgan fingerprint density at radius 1 is 1.19 bits per heavy atom. The van der Waals surface area contributed by atoms with E-state index in [1.807, 2.05) is 6.07 Å². The predicted octanol–water partition coefficient (Wildman–Crippen LogP) is 1.96. The van der Waals surface area contributed by atoms with Gasteiger partial charge < -0.3 is 5.32 Å². The van der Waals surface area contributed by atoms with Crippen molar-refractivity contribution >= 4 is 17.7 Å². The van der Waals surface area contributed by atoms with Crippen molar-refractivity contribution < 1.29 is 14.4 Å². The minimum Gasteiger partial charge on any atom is -0.354 e. The van der Waals surface area contributed by atoms with Gasteiger partial charge in [0, 0.05) is 38.6 Å². The van der Waals surface area contributed by atoms with Crippen molar-refractivity contribution in [2.75, 3.05) is 6.54 Å². The second-order valence-electron chi connectivity index (χ2n) is 6.40. The van der Waals surface area contributed by atoms with Crippen LogP contribution in [0.1, 0.15) is 43.7 Å².